The summed E-state index contributed by atoms with van der Waals surface area (Å²) in [5, 5.41) is 13.7. The van der Waals surface area contributed by atoms with Gasteiger partial charge in [-0.3, -0.25) is 9.69 Å². The van der Waals surface area contributed by atoms with E-state index < -0.39 is 0 Å². The molecule has 3 aromatic rings. The van der Waals surface area contributed by atoms with Crippen molar-refractivity contribution >= 4 is 34.0 Å². The first-order valence-electron chi connectivity index (χ1n) is 8.85. The molecule has 9 heteroatoms. The minimum absolute atomic E-state index is 0.0534. The Morgan fingerprint density at radius 3 is 2.78 bits per heavy atom. The Bertz CT molecular complexity index is 965. The van der Waals surface area contributed by atoms with Crippen LogP contribution in [0.25, 0.3) is 21.6 Å². The van der Waals surface area contributed by atoms with Crippen molar-refractivity contribution in [1.82, 2.24) is 30.0 Å². The van der Waals surface area contributed by atoms with Crippen LogP contribution in [0.5, 0.6) is 0 Å². The van der Waals surface area contributed by atoms with E-state index in [0.29, 0.717) is 12.4 Å². The van der Waals surface area contributed by atoms with E-state index in [1.54, 1.807) is 12.3 Å². The zero-order valence-electron chi connectivity index (χ0n) is 15.3. The molecule has 4 rings (SSSR count). The third-order valence-electron chi connectivity index (χ3n) is 4.55. The SMILES string of the molecule is Cc1nnc(-c2ccc3cnc(NC(=O)CN4CCN(C)CC4)cc3n2)s1. The monoisotopic (exact) mass is 383 g/mol. The van der Waals surface area contributed by atoms with E-state index in [9.17, 15) is 4.79 Å². The van der Waals surface area contributed by atoms with E-state index in [0.717, 1.165) is 52.8 Å². The maximum absolute atomic E-state index is 12.3. The molecule has 8 nitrogen and oxygen atoms in total. The van der Waals surface area contributed by atoms with Crippen molar-refractivity contribution in [3.8, 4) is 10.7 Å². The number of aryl methyl sites for hydroxylation is 1. The standard InChI is InChI=1S/C18H21N7OS/c1-12-22-23-18(27-12)14-4-3-13-10-19-16(9-15(13)20-14)21-17(26)11-25-7-5-24(2)6-8-25/h3-4,9-10H,5-8,11H2,1-2H3,(H,19,21,26). The fraction of sp³-hybridized carbons (Fsp3) is 0.389. The van der Waals surface area contributed by atoms with Crippen LogP contribution in [-0.2, 0) is 4.79 Å². The molecule has 1 aliphatic heterocycles. The number of fused-ring (bicyclic) bond motifs is 1. The molecule has 27 heavy (non-hydrogen) atoms. The van der Waals surface area contributed by atoms with Crippen molar-refractivity contribution in [3.05, 3.63) is 29.4 Å². The number of piperazine rings is 1. The van der Waals surface area contributed by atoms with Crippen molar-refractivity contribution in [3.63, 3.8) is 0 Å². The van der Waals surface area contributed by atoms with Crippen molar-refractivity contribution in [2.45, 2.75) is 6.92 Å². The normalized spacial score (nSPS) is 15.9. The Labute approximate surface area is 161 Å². The Morgan fingerprint density at radius 1 is 1.22 bits per heavy atom. The number of carbonyl (C=O) groups excluding carboxylic acids is 1. The number of nitrogens with zero attached hydrogens (tertiary/aromatic N) is 6. The largest absolute Gasteiger partial charge is 0.310 e. The molecule has 0 aliphatic carbocycles. The van der Waals surface area contributed by atoms with E-state index in [2.05, 4.69) is 42.3 Å². The lowest BCUT2D eigenvalue weighted by Crippen LogP contribution is -2.47. The average Bonchev–Trinajstić information content (AvgIpc) is 3.09. The Hall–Kier alpha value is -2.49. The summed E-state index contributed by atoms with van der Waals surface area (Å²) in [6.45, 7) is 6.08. The van der Waals surface area contributed by atoms with Gasteiger partial charge in [-0.25, -0.2) is 9.97 Å². The highest BCUT2D eigenvalue weighted by atomic mass is 32.1. The molecule has 4 heterocycles. The molecule has 0 radical (unpaired) electrons. The smallest absolute Gasteiger partial charge is 0.239 e. The van der Waals surface area contributed by atoms with Crippen LogP contribution in [0.3, 0.4) is 0 Å². The molecule has 140 valence electrons. The van der Waals surface area contributed by atoms with Gasteiger partial charge in [0.2, 0.25) is 5.91 Å². The van der Waals surface area contributed by atoms with Gasteiger partial charge in [0.25, 0.3) is 0 Å². The van der Waals surface area contributed by atoms with Gasteiger partial charge in [-0.05, 0) is 26.1 Å². The van der Waals surface area contributed by atoms with Gasteiger partial charge in [-0.1, -0.05) is 11.3 Å². The van der Waals surface area contributed by atoms with Crippen LogP contribution >= 0.6 is 11.3 Å². The fourth-order valence-electron chi connectivity index (χ4n) is 3.00. The molecule has 3 aromatic heterocycles. The second-order valence-electron chi connectivity index (χ2n) is 6.71. The van der Waals surface area contributed by atoms with Crippen LogP contribution in [0.4, 0.5) is 5.82 Å². The molecule has 0 unspecified atom stereocenters. The molecular formula is C18H21N7OS. The van der Waals surface area contributed by atoms with Crippen LogP contribution in [-0.4, -0.2) is 75.6 Å². The van der Waals surface area contributed by atoms with Gasteiger partial charge in [0.05, 0.1) is 12.1 Å². The minimum atomic E-state index is -0.0534. The second-order valence-corrected chi connectivity index (χ2v) is 7.89. The molecule has 0 bridgehead atoms. The van der Waals surface area contributed by atoms with E-state index in [1.165, 1.54) is 11.3 Å². The molecule has 0 aromatic carbocycles. The Kier molecular flexibility index (Phi) is 5.06. The summed E-state index contributed by atoms with van der Waals surface area (Å²) in [4.78, 5) is 25.8. The van der Waals surface area contributed by atoms with Gasteiger partial charge in [-0.15, -0.1) is 10.2 Å². The predicted octanol–water partition coefficient (Wildman–Crippen LogP) is 1.64. The molecule has 1 fully saturated rings. The lowest BCUT2D eigenvalue weighted by atomic mass is 10.2. The summed E-state index contributed by atoms with van der Waals surface area (Å²) >= 11 is 1.50. The second kappa shape index (κ2) is 7.63. The van der Waals surface area contributed by atoms with Gasteiger partial charge >= 0.3 is 0 Å². The highest BCUT2D eigenvalue weighted by Crippen LogP contribution is 2.24. The summed E-state index contributed by atoms with van der Waals surface area (Å²) in [6.07, 6.45) is 1.73. The number of pyridine rings is 2. The number of rotatable bonds is 4. The summed E-state index contributed by atoms with van der Waals surface area (Å²) in [5.41, 5.74) is 1.54. The van der Waals surface area contributed by atoms with Gasteiger partial charge < -0.3 is 10.2 Å². The average molecular weight is 383 g/mol. The van der Waals surface area contributed by atoms with Crippen molar-refractivity contribution in [2.24, 2.45) is 0 Å². The third-order valence-corrected chi connectivity index (χ3v) is 5.41. The number of hydrogen-bond acceptors (Lipinski definition) is 8. The highest BCUT2D eigenvalue weighted by molar-refractivity contribution is 7.14. The Balaban J connectivity index is 1.48. The van der Waals surface area contributed by atoms with Gasteiger partial charge in [0.15, 0.2) is 5.01 Å². The topological polar surface area (TPSA) is 87.1 Å². The number of amides is 1. The van der Waals surface area contributed by atoms with Crippen LogP contribution in [0.1, 0.15) is 5.01 Å². The van der Waals surface area contributed by atoms with E-state index in [1.807, 2.05) is 19.1 Å². The van der Waals surface area contributed by atoms with Crippen LogP contribution in [0, 0.1) is 6.92 Å². The van der Waals surface area contributed by atoms with E-state index >= 15 is 0 Å². The number of likely N-dealkylation sites (N-methyl/N-ethyl adjacent to an activating group) is 1. The Morgan fingerprint density at radius 2 is 2.04 bits per heavy atom. The predicted molar refractivity (Wildman–Crippen MR) is 106 cm³/mol. The summed E-state index contributed by atoms with van der Waals surface area (Å²) < 4.78 is 0. The van der Waals surface area contributed by atoms with Gasteiger partial charge in [-0.2, -0.15) is 0 Å². The quantitative estimate of drug-likeness (QED) is 0.733. The lowest BCUT2D eigenvalue weighted by molar-refractivity contribution is -0.117. The molecule has 1 saturated heterocycles. The zero-order chi connectivity index (χ0) is 18.8. The van der Waals surface area contributed by atoms with Crippen LogP contribution < -0.4 is 5.32 Å². The number of carbonyl (C=O) groups is 1. The van der Waals surface area contributed by atoms with Crippen LogP contribution in [0.2, 0.25) is 0 Å². The van der Waals surface area contributed by atoms with Gasteiger partial charge in [0.1, 0.15) is 16.5 Å². The highest BCUT2D eigenvalue weighted by Gasteiger charge is 2.17. The first kappa shape index (κ1) is 17.9. The third kappa shape index (κ3) is 4.26. The molecule has 0 saturated carbocycles. The number of nitrogens with one attached hydrogen (secondary N) is 1. The van der Waals surface area contributed by atoms with Crippen molar-refractivity contribution in [2.75, 3.05) is 45.1 Å². The summed E-state index contributed by atoms with van der Waals surface area (Å²) in [6, 6.07) is 5.67. The minimum Gasteiger partial charge on any atom is -0.310 e. The van der Waals surface area contributed by atoms with Crippen molar-refractivity contribution < 1.29 is 4.79 Å². The fourth-order valence-corrected chi connectivity index (χ4v) is 3.66. The first-order chi connectivity index (χ1) is 13.1. The molecule has 0 atom stereocenters. The number of aromatic nitrogens is 4. The molecule has 0 spiro atoms. The van der Waals surface area contributed by atoms with E-state index in [4.69, 9.17) is 0 Å². The maximum atomic E-state index is 12.3. The number of anilines is 1. The molecule has 1 aliphatic rings. The maximum Gasteiger partial charge on any atom is 0.239 e. The summed E-state index contributed by atoms with van der Waals surface area (Å²) in [7, 11) is 2.10. The molecular weight excluding hydrogens is 362 g/mol. The zero-order valence-corrected chi connectivity index (χ0v) is 16.2. The first-order valence-corrected chi connectivity index (χ1v) is 9.66. The van der Waals surface area contributed by atoms with Crippen molar-refractivity contribution in [1.29, 1.82) is 0 Å². The van der Waals surface area contributed by atoms with Crippen LogP contribution in [0.15, 0.2) is 24.4 Å². The van der Waals surface area contributed by atoms with E-state index in [-0.39, 0.29) is 5.91 Å². The lowest BCUT2D eigenvalue weighted by Gasteiger charge is -2.31. The molecule has 1 N–H and O–H groups in total. The summed E-state index contributed by atoms with van der Waals surface area (Å²) in [5.74, 6) is 0.460. The number of hydrogen-bond donors (Lipinski definition) is 1. The molecule has 1 amide bonds. The van der Waals surface area contributed by atoms with Gasteiger partial charge in [0, 0.05) is 43.8 Å².